The highest BCUT2D eigenvalue weighted by Crippen LogP contribution is 2.36. The molecule has 10 heteroatoms. The molecule has 1 aromatic heterocycles. The molecule has 9 nitrogen and oxygen atoms in total. The van der Waals surface area contributed by atoms with Gasteiger partial charge in [-0.25, -0.2) is 9.59 Å². The monoisotopic (exact) mass is 495 g/mol. The number of benzene rings is 2. The summed E-state index contributed by atoms with van der Waals surface area (Å²) in [5.74, 6) is 0.526. The van der Waals surface area contributed by atoms with E-state index in [2.05, 4.69) is 4.98 Å². The molecule has 1 amide bonds. The van der Waals surface area contributed by atoms with Crippen molar-refractivity contribution in [2.45, 2.75) is 65.8 Å². The van der Waals surface area contributed by atoms with Crippen LogP contribution >= 0.6 is 0 Å². The molecule has 4 rings (SSSR count). The number of rotatable bonds is 6. The number of nitrogens with two attached hydrogens (primary N) is 1. The molecule has 1 unspecified atom stereocenters. The third-order valence-electron chi connectivity index (χ3n) is 6.93. The molecule has 0 aliphatic carbocycles. The predicted molar refractivity (Wildman–Crippen MR) is 139 cm³/mol. The van der Waals surface area contributed by atoms with Crippen LogP contribution in [0.1, 0.15) is 48.5 Å². The minimum Gasteiger partial charge on any atom is -0.490 e. The first-order valence-electron chi connectivity index (χ1n) is 12.0. The van der Waals surface area contributed by atoms with E-state index >= 15 is 0 Å². The molecule has 1 aliphatic rings. The van der Waals surface area contributed by atoms with Gasteiger partial charge in [-0.05, 0) is 57.4 Å². The van der Waals surface area contributed by atoms with Crippen LogP contribution in [0.2, 0.25) is 0 Å². The van der Waals surface area contributed by atoms with Crippen molar-refractivity contribution >= 4 is 29.7 Å². The summed E-state index contributed by atoms with van der Waals surface area (Å²) in [5.41, 5.74) is 6.45. The minimum absolute atomic E-state index is 0.116. The second-order valence-electron chi connectivity index (χ2n) is 11.2. The van der Waals surface area contributed by atoms with E-state index in [1.165, 1.54) is 0 Å². The third-order valence-corrected chi connectivity index (χ3v) is 6.93. The molecule has 1 atom stereocenters. The van der Waals surface area contributed by atoms with Crippen LogP contribution in [0.5, 0.6) is 5.75 Å². The van der Waals surface area contributed by atoms with Crippen LogP contribution in [0, 0.1) is 5.41 Å². The van der Waals surface area contributed by atoms with Crippen molar-refractivity contribution in [3.05, 3.63) is 52.9 Å². The van der Waals surface area contributed by atoms with Crippen molar-refractivity contribution in [1.82, 2.24) is 9.55 Å². The van der Waals surface area contributed by atoms with Gasteiger partial charge < -0.3 is 29.5 Å². The zero-order valence-electron chi connectivity index (χ0n) is 21.9. The van der Waals surface area contributed by atoms with E-state index in [-0.39, 0.29) is 17.7 Å². The zero-order valence-corrected chi connectivity index (χ0v) is 21.9. The highest BCUT2D eigenvalue weighted by atomic mass is 16.7. The number of aromatic nitrogens is 2. The Labute approximate surface area is 211 Å². The molecule has 36 heavy (non-hydrogen) atoms. The third kappa shape index (κ3) is 5.01. The number of H-pyrrole nitrogens is 1. The summed E-state index contributed by atoms with van der Waals surface area (Å²) >= 11 is 0. The van der Waals surface area contributed by atoms with Crippen LogP contribution in [-0.4, -0.2) is 46.7 Å². The van der Waals surface area contributed by atoms with Crippen molar-refractivity contribution in [3.63, 3.8) is 0 Å². The molecule has 0 bridgehead atoms. The number of primary amides is 1. The van der Waals surface area contributed by atoms with Crippen molar-refractivity contribution in [2.75, 3.05) is 6.61 Å². The Balaban J connectivity index is 1.64. The second kappa shape index (κ2) is 9.01. The Hall–Kier alpha value is -3.24. The summed E-state index contributed by atoms with van der Waals surface area (Å²) in [6.45, 7) is 13.9. The molecule has 3 N–H and O–H groups in total. The number of aromatic amines is 1. The van der Waals surface area contributed by atoms with Crippen molar-refractivity contribution in [1.29, 1.82) is 0 Å². The Morgan fingerprint density at radius 2 is 1.78 bits per heavy atom. The lowest BCUT2D eigenvalue weighted by molar-refractivity contribution is 0.00578. The van der Waals surface area contributed by atoms with Gasteiger partial charge in [0.15, 0.2) is 0 Å². The van der Waals surface area contributed by atoms with Gasteiger partial charge in [-0.3, -0.25) is 4.57 Å². The summed E-state index contributed by atoms with van der Waals surface area (Å²) in [6, 6.07) is 12.8. The fourth-order valence-electron chi connectivity index (χ4n) is 3.99. The summed E-state index contributed by atoms with van der Waals surface area (Å²) in [7, 11) is -0.549. The Kier molecular flexibility index (Phi) is 6.47. The van der Waals surface area contributed by atoms with E-state index in [9.17, 15) is 9.59 Å². The number of hydrogen-bond donors (Lipinski definition) is 2. The van der Waals surface area contributed by atoms with E-state index in [1.54, 1.807) is 22.8 Å². The molecule has 1 fully saturated rings. The number of carbonyl (C=O) groups is 1. The Morgan fingerprint density at radius 3 is 2.39 bits per heavy atom. The first-order chi connectivity index (χ1) is 16.7. The van der Waals surface area contributed by atoms with E-state index < -0.39 is 30.5 Å². The number of imidazole rings is 1. The van der Waals surface area contributed by atoms with Gasteiger partial charge in [0.2, 0.25) is 0 Å². The van der Waals surface area contributed by atoms with E-state index in [0.29, 0.717) is 22.5 Å². The smallest absolute Gasteiger partial charge is 0.490 e. The molecule has 0 saturated carbocycles. The van der Waals surface area contributed by atoms with Gasteiger partial charge in [0, 0.05) is 11.5 Å². The average molecular weight is 495 g/mol. The van der Waals surface area contributed by atoms with Gasteiger partial charge in [0.25, 0.3) is 0 Å². The summed E-state index contributed by atoms with van der Waals surface area (Å²) in [6.07, 6.45) is -1.40. The number of fused-ring (bicyclic) bond motifs is 1. The first kappa shape index (κ1) is 25.8. The Bertz CT molecular complexity index is 1320. The van der Waals surface area contributed by atoms with Crippen LogP contribution in [0.25, 0.3) is 16.7 Å². The molecule has 0 radical (unpaired) electrons. The maximum atomic E-state index is 12.9. The van der Waals surface area contributed by atoms with Gasteiger partial charge in [0.05, 0.1) is 27.9 Å². The van der Waals surface area contributed by atoms with E-state index in [0.717, 1.165) is 5.46 Å². The lowest BCUT2D eigenvalue weighted by Crippen LogP contribution is -2.41. The largest absolute Gasteiger partial charge is 0.494 e. The molecular formula is C26H34BN3O6. The van der Waals surface area contributed by atoms with Crippen molar-refractivity contribution in [3.8, 4) is 11.4 Å². The van der Waals surface area contributed by atoms with Crippen LogP contribution in [0.3, 0.4) is 0 Å². The zero-order chi connectivity index (χ0) is 26.5. The quantitative estimate of drug-likeness (QED) is 0.506. The number of carbonyl (C=O) groups excluding carboxylic acids is 1. The van der Waals surface area contributed by atoms with Crippen LogP contribution in [0.15, 0.2) is 47.3 Å². The fraction of sp³-hybridized carbons (Fsp3) is 0.462. The van der Waals surface area contributed by atoms with Gasteiger partial charge in [-0.1, -0.05) is 32.9 Å². The molecular weight excluding hydrogens is 461 g/mol. The second-order valence-corrected chi connectivity index (χ2v) is 11.2. The van der Waals surface area contributed by atoms with Gasteiger partial charge in [0.1, 0.15) is 18.5 Å². The number of nitrogens with one attached hydrogen (secondary N) is 1. The van der Waals surface area contributed by atoms with E-state index in [4.69, 9.17) is 24.5 Å². The number of amides is 1. The fourth-order valence-corrected chi connectivity index (χ4v) is 3.99. The lowest BCUT2D eigenvalue weighted by atomic mass is 9.79. The lowest BCUT2D eigenvalue weighted by Gasteiger charge is -2.32. The molecule has 2 heterocycles. The summed E-state index contributed by atoms with van der Waals surface area (Å²) in [5, 5.41) is 0. The highest BCUT2D eigenvalue weighted by molar-refractivity contribution is 6.62. The standard InChI is InChI=1S/C26H34BN3O6/c1-24(2,3)21(34-22(28)31)15-33-18-10-8-9-17(14-18)30-20-13-16(11-12-19(20)29-23(30)32)27-35-25(4,5)26(6,7)36-27/h8-14,21H,15H2,1-7H3,(H2,28,31)(H,29,32). The number of nitrogens with zero attached hydrogens (tertiary/aromatic N) is 1. The Morgan fingerprint density at radius 1 is 1.11 bits per heavy atom. The molecule has 3 aromatic rings. The molecule has 192 valence electrons. The number of ether oxygens (including phenoxy) is 2. The molecule has 2 aromatic carbocycles. The highest BCUT2D eigenvalue weighted by Gasteiger charge is 2.51. The molecule has 1 aliphatic heterocycles. The maximum Gasteiger partial charge on any atom is 0.494 e. The van der Waals surface area contributed by atoms with Gasteiger partial charge in [-0.2, -0.15) is 0 Å². The van der Waals surface area contributed by atoms with Crippen molar-refractivity contribution < 1.29 is 23.6 Å². The topological polar surface area (TPSA) is 118 Å². The molecule has 0 spiro atoms. The predicted octanol–water partition coefficient (Wildman–Crippen LogP) is 3.51. The minimum atomic E-state index is -0.851. The van der Waals surface area contributed by atoms with E-state index in [1.807, 2.05) is 72.7 Å². The van der Waals surface area contributed by atoms with Crippen LogP contribution in [0.4, 0.5) is 4.79 Å². The normalized spacial score (nSPS) is 17.8. The summed E-state index contributed by atoms with van der Waals surface area (Å²) < 4.78 is 25.1. The number of hydrogen-bond acceptors (Lipinski definition) is 6. The first-order valence-corrected chi connectivity index (χ1v) is 12.0. The SMILES string of the molecule is CC(C)(C)C(COc1cccc(-n2c(=O)[nH]c3ccc(B4OC(C)(C)C(C)(C)O4)cc32)c1)OC(N)=O. The average Bonchev–Trinajstić information content (AvgIpc) is 3.20. The van der Waals surface area contributed by atoms with Crippen LogP contribution < -0.4 is 21.6 Å². The molecule has 1 saturated heterocycles. The maximum absolute atomic E-state index is 12.9. The van der Waals surface area contributed by atoms with Crippen LogP contribution in [-0.2, 0) is 14.0 Å². The van der Waals surface area contributed by atoms with Gasteiger partial charge in [-0.15, -0.1) is 0 Å². The summed E-state index contributed by atoms with van der Waals surface area (Å²) in [4.78, 5) is 27.2. The van der Waals surface area contributed by atoms with Gasteiger partial charge >= 0.3 is 18.9 Å². The van der Waals surface area contributed by atoms with Crippen molar-refractivity contribution in [2.24, 2.45) is 11.1 Å².